The largest absolute Gasteiger partial charge is 0.385 e. The smallest absolute Gasteiger partial charge is 0.0688 e. The van der Waals surface area contributed by atoms with Crippen molar-refractivity contribution in [1.82, 2.24) is 0 Å². The van der Waals surface area contributed by atoms with Gasteiger partial charge in [0.2, 0.25) is 0 Å². The number of hydrogen-bond donors (Lipinski definition) is 1. The van der Waals surface area contributed by atoms with Crippen molar-refractivity contribution in [3.63, 3.8) is 0 Å². The number of anilines is 1. The minimum atomic E-state index is 0.214. The Hall–Kier alpha value is -1.02. The maximum Gasteiger partial charge on any atom is 0.0688 e. The van der Waals surface area contributed by atoms with E-state index in [9.17, 15) is 0 Å². The molecule has 1 saturated carbocycles. The third kappa shape index (κ3) is 2.59. The number of nitrogens with one attached hydrogen (secondary N) is 1. The maximum atomic E-state index is 6.29. The van der Waals surface area contributed by atoms with E-state index in [0.29, 0.717) is 5.92 Å². The topological polar surface area (TPSA) is 21.3 Å². The zero-order valence-electron chi connectivity index (χ0n) is 13.0. The van der Waals surface area contributed by atoms with Crippen molar-refractivity contribution in [2.24, 2.45) is 0 Å². The molecule has 2 heteroatoms. The lowest BCUT2D eigenvalue weighted by Crippen LogP contribution is -2.41. The number of rotatable bonds is 1. The quantitative estimate of drug-likeness (QED) is 0.811. The van der Waals surface area contributed by atoms with E-state index in [1.165, 1.54) is 63.5 Å². The molecule has 1 saturated heterocycles. The highest BCUT2D eigenvalue weighted by Crippen LogP contribution is 2.45. The summed E-state index contributed by atoms with van der Waals surface area (Å²) in [6.45, 7) is 2.09. The maximum absolute atomic E-state index is 6.29. The fourth-order valence-corrected chi connectivity index (χ4v) is 4.76. The van der Waals surface area contributed by atoms with Gasteiger partial charge in [-0.1, -0.05) is 31.4 Å². The molecule has 4 rings (SSSR count). The molecular formula is C19H27NO. The minimum Gasteiger partial charge on any atom is -0.385 e. The molecule has 2 heterocycles. The van der Waals surface area contributed by atoms with Gasteiger partial charge in [-0.05, 0) is 61.6 Å². The predicted octanol–water partition coefficient (Wildman–Crippen LogP) is 4.64. The minimum absolute atomic E-state index is 0.214. The second kappa shape index (κ2) is 5.64. The van der Waals surface area contributed by atoms with Crippen LogP contribution in [0.5, 0.6) is 0 Å². The molecule has 1 spiro atoms. The van der Waals surface area contributed by atoms with Gasteiger partial charge in [0.25, 0.3) is 0 Å². The van der Waals surface area contributed by atoms with E-state index in [0.717, 1.165) is 13.2 Å². The number of hydrogen-bond acceptors (Lipinski definition) is 2. The molecular weight excluding hydrogens is 258 g/mol. The molecule has 0 bridgehead atoms. The molecule has 3 aliphatic rings. The lowest BCUT2D eigenvalue weighted by molar-refractivity contribution is -0.106. The summed E-state index contributed by atoms with van der Waals surface area (Å²) in [6, 6.07) is 6.89. The van der Waals surface area contributed by atoms with Crippen LogP contribution in [0.3, 0.4) is 0 Å². The van der Waals surface area contributed by atoms with Crippen LogP contribution in [0.25, 0.3) is 0 Å². The Bertz CT molecular complexity index is 499. The van der Waals surface area contributed by atoms with Crippen molar-refractivity contribution in [3.8, 4) is 0 Å². The van der Waals surface area contributed by atoms with Crippen molar-refractivity contribution < 1.29 is 4.74 Å². The molecule has 2 aliphatic heterocycles. The summed E-state index contributed by atoms with van der Waals surface area (Å²) in [5.74, 6) is 0.715. The number of ether oxygens (including phenoxy) is 1. The first kappa shape index (κ1) is 13.6. The van der Waals surface area contributed by atoms with Gasteiger partial charge >= 0.3 is 0 Å². The van der Waals surface area contributed by atoms with Crippen LogP contribution in [-0.4, -0.2) is 18.8 Å². The van der Waals surface area contributed by atoms with Gasteiger partial charge in [0.1, 0.15) is 0 Å². The molecule has 0 amide bonds. The Morgan fingerprint density at radius 3 is 2.90 bits per heavy atom. The van der Waals surface area contributed by atoms with Gasteiger partial charge < -0.3 is 10.1 Å². The van der Waals surface area contributed by atoms with Crippen LogP contribution in [-0.2, 0) is 11.2 Å². The van der Waals surface area contributed by atoms with Crippen LogP contribution in [0.15, 0.2) is 18.2 Å². The summed E-state index contributed by atoms with van der Waals surface area (Å²) in [7, 11) is 0. The highest BCUT2D eigenvalue weighted by molar-refractivity contribution is 5.57. The van der Waals surface area contributed by atoms with E-state index in [1.54, 1.807) is 11.1 Å². The second-order valence-electron chi connectivity index (χ2n) is 7.19. The van der Waals surface area contributed by atoms with Crippen molar-refractivity contribution in [2.75, 3.05) is 18.5 Å². The van der Waals surface area contributed by atoms with Gasteiger partial charge in [0.15, 0.2) is 0 Å². The van der Waals surface area contributed by atoms with E-state index >= 15 is 0 Å². The van der Waals surface area contributed by atoms with E-state index in [2.05, 4.69) is 23.5 Å². The van der Waals surface area contributed by atoms with Crippen LogP contribution in [0.4, 0.5) is 5.69 Å². The fraction of sp³-hybridized carbons (Fsp3) is 0.684. The molecule has 0 aromatic heterocycles. The zero-order chi connectivity index (χ0) is 14.1. The predicted molar refractivity (Wildman–Crippen MR) is 87.0 cm³/mol. The third-order valence-corrected chi connectivity index (χ3v) is 5.83. The fourth-order valence-electron chi connectivity index (χ4n) is 4.76. The SMILES string of the molecule is c1cc2c(c(C3CCOC4(CCCCC4)C3)c1)CCCN2. The van der Waals surface area contributed by atoms with Crippen molar-refractivity contribution >= 4 is 5.69 Å². The zero-order valence-corrected chi connectivity index (χ0v) is 13.0. The van der Waals surface area contributed by atoms with E-state index in [1.807, 2.05) is 0 Å². The molecule has 2 nitrogen and oxygen atoms in total. The molecule has 1 atom stereocenters. The molecule has 21 heavy (non-hydrogen) atoms. The molecule has 1 unspecified atom stereocenters. The van der Waals surface area contributed by atoms with Crippen molar-refractivity contribution in [3.05, 3.63) is 29.3 Å². The first-order valence-electron chi connectivity index (χ1n) is 8.86. The normalized spacial score (nSPS) is 27.9. The first-order chi connectivity index (χ1) is 10.4. The summed E-state index contributed by atoms with van der Waals surface area (Å²) in [4.78, 5) is 0. The molecule has 1 aliphatic carbocycles. The van der Waals surface area contributed by atoms with E-state index < -0.39 is 0 Å². The lowest BCUT2D eigenvalue weighted by Gasteiger charge is -2.44. The average molecular weight is 285 g/mol. The van der Waals surface area contributed by atoms with Gasteiger partial charge in [-0.25, -0.2) is 0 Å². The summed E-state index contributed by atoms with van der Waals surface area (Å²) < 4.78 is 6.29. The van der Waals surface area contributed by atoms with E-state index in [-0.39, 0.29) is 5.60 Å². The first-order valence-corrected chi connectivity index (χ1v) is 8.86. The van der Waals surface area contributed by atoms with Gasteiger partial charge in [0.05, 0.1) is 5.60 Å². The summed E-state index contributed by atoms with van der Waals surface area (Å²) >= 11 is 0. The summed E-state index contributed by atoms with van der Waals surface area (Å²) in [5, 5.41) is 3.58. The molecule has 0 radical (unpaired) electrons. The summed E-state index contributed by atoms with van der Waals surface area (Å²) in [5.41, 5.74) is 4.82. The van der Waals surface area contributed by atoms with Gasteiger partial charge in [-0.15, -0.1) is 0 Å². The van der Waals surface area contributed by atoms with Crippen molar-refractivity contribution in [2.45, 2.75) is 69.3 Å². The Kier molecular flexibility index (Phi) is 3.66. The molecule has 1 aromatic carbocycles. The molecule has 2 fully saturated rings. The highest BCUT2D eigenvalue weighted by Gasteiger charge is 2.39. The van der Waals surface area contributed by atoms with E-state index in [4.69, 9.17) is 4.74 Å². The van der Waals surface area contributed by atoms with Crippen molar-refractivity contribution in [1.29, 1.82) is 0 Å². The monoisotopic (exact) mass is 285 g/mol. The standard InChI is InChI=1S/C19H27NO/c1-2-10-19(11-3-1)14-15(9-13-21-19)16-6-4-8-18-17(16)7-5-12-20-18/h4,6,8,15,20H,1-3,5,7,9-14H2. The molecule has 1 N–H and O–H groups in total. The van der Waals surface area contributed by atoms with Crippen LogP contribution in [0, 0.1) is 0 Å². The van der Waals surface area contributed by atoms with Gasteiger partial charge in [-0.2, -0.15) is 0 Å². The Labute approximate surface area is 128 Å². The van der Waals surface area contributed by atoms with Gasteiger partial charge in [-0.3, -0.25) is 0 Å². The van der Waals surface area contributed by atoms with Crippen LogP contribution in [0.2, 0.25) is 0 Å². The Morgan fingerprint density at radius 2 is 2.00 bits per heavy atom. The molecule has 1 aromatic rings. The second-order valence-corrected chi connectivity index (χ2v) is 7.19. The number of benzene rings is 1. The Morgan fingerprint density at radius 1 is 1.10 bits per heavy atom. The average Bonchev–Trinajstić information content (AvgIpc) is 2.55. The highest BCUT2D eigenvalue weighted by atomic mass is 16.5. The molecule has 114 valence electrons. The van der Waals surface area contributed by atoms with Crippen LogP contribution in [0.1, 0.15) is 68.4 Å². The summed E-state index contributed by atoms with van der Waals surface area (Å²) in [6.07, 6.45) is 11.7. The van der Waals surface area contributed by atoms with Crippen LogP contribution < -0.4 is 5.32 Å². The lowest BCUT2D eigenvalue weighted by atomic mass is 9.73. The van der Waals surface area contributed by atoms with Gasteiger partial charge in [0, 0.05) is 18.8 Å². The third-order valence-electron chi connectivity index (χ3n) is 5.83. The Balaban J connectivity index is 1.61. The van der Waals surface area contributed by atoms with Crippen LogP contribution >= 0.6 is 0 Å². The number of fused-ring (bicyclic) bond motifs is 1.